The molecule has 2 aliphatic heterocycles. The average molecular weight is 533 g/mol. The van der Waals surface area contributed by atoms with Crippen LogP contribution in [0.1, 0.15) is 27.9 Å². The summed E-state index contributed by atoms with van der Waals surface area (Å²) < 4.78 is 1.88. The lowest BCUT2D eigenvalue weighted by Gasteiger charge is -2.32. The number of pyridine rings is 1. The Hall–Kier alpha value is -4.27. The van der Waals surface area contributed by atoms with Crippen molar-refractivity contribution in [2.75, 3.05) is 38.5 Å². The Morgan fingerprint density at radius 3 is 2.62 bits per heavy atom. The van der Waals surface area contributed by atoms with E-state index in [1.54, 1.807) is 12.1 Å². The molecule has 0 spiro atoms. The molecule has 2 aliphatic rings. The third-order valence-corrected chi connectivity index (χ3v) is 8.24. The van der Waals surface area contributed by atoms with Gasteiger partial charge in [0.05, 0.1) is 22.1 Å². The van der Waals surface area contributed by atoms with Crippen LogP contribution in [0.2, 0.25) is 0 Å². The molecule has 1 fully saturated rings. The first-order chi connectivity index (χ1) is 19.5. The van der Waals surface area contributed by atoms with Gasteiger partial charge in [0.1, 0.15) is 5.82 Å². The van der Waals surface area contributed by atoms with Gasteiger partial charge in [-0.05, 0) is 72.8 Å². The summed E-state index contributed by atoms with van der Waals surface area (Å²) >= 11 is 0. The smallest absolute Gasteiger partial charge is 0.262 e. The Kier molecular flexibility index (Phi) is 6.21. The zero-order chi connectivity index (χ0) is 27.2. The molecule has 1 amide bonds. The zero-order valence-corrected chi connectivity index (χ0v) is 22.6. The number of nitrogens with one attached hydrogen (secondary N) is 2. The normalized spacial score (nSPS) is 16.0. The molecule has 1 saturated heterocycles. The average Bonchev–Trinajstić information content (AvgIpc) is 3.40. The summed E-state index contributed by atoms with van der Waals surface area (Å²) in [6.07, 6.45) is 1.94. The molecule has 4 heterocycles. The van der Waals surface area contributed by atoms with E-state index in [9.17, 15) is 9.59 Å². The molecule has 202 valence electrons. The molecule has 0 atom stereocenters. The van der Waals surface area contributed by atoms with Gasteiger partial charge in [0.15, 0.2) is 0 Å². The number of rotatable bonds is 5. The number of hydrogen-bond acceptors (Lipinski definition) is 5. The number of imidazole rings is 1. The van der Waals surface area contributed by atoms with Crippen molar-refractivity contribution in [3.63, 3.8) is 0 Å². The lowest BCUT2D eigenvalue weighted by atomic mass is 10.00. The van der Waals surface area contributed by atoms with Gasteiger partial charge in [0, 0.05) is 50.5 Å². The molecule has 2 aromatic heterocycles. The summed E-state index contributed by atoms with van der Waals surface area (Å²) in [6, 6.07) is 21.6. The highest BCUT2D eigenvalue weighted by atomic mass is 16.1. The van der Waals surface area contributed by atoms with Crippen molar-refractivity contribution >= 4 is 33.5 Å². The fraction of sp³-hybridized carbons (Fsp3) is 0.281. The molecule has 40 heavy (non-hydrogen) atoms. The summed E-state index contributed by atoms with van der Waals surface area (Å²) in [5.74, 6) is 0.336. The lowest BCUT2D eigenvalue weighted by molar-refractivity contribution is 0.102. The van der Waals surface area contributed by atoms with Crippen molar-refractivity contribution in [2.45, 2.75) is 25.9 Å². The van der Waals surface area contributed by atoms with Crippen molar-refractivity contribution in [1.82, 2.24) is 24.3 Å². The van der Waals surface area contributed by atoms with Crippen LogP contribution in [-0.4, -0.2) is 63.5 Å². The highest BCUT2D eigenvalue weighted by Crippen LogP contribution is 2.27. The summed E-state index contributed by atoms with van der Waals surface area (Å²) in [7, 11) is 2.16. The van der Waals surface area contributed by atoms with Crippen LogP contribution in [0, 0.1) is 0 Å². The number of likely N-dealkylation sites (N-methyl/N-ethyl adjacent to an activating group) is 1. The van der Waals surface area contributed by atoms with Crippen LogP contribution in [0.15, 0.2) is 71.5 Å². The first-order valence-electron chi connectivity index (χ1n) is 14.0. The number of nitrogens with zero attached hydrogens (tertiary/aromatic N) is 4. The van der Waals surface area contributed by atoms with E-state index in [2.05, 4.69) is 45.3 Å². The molecule has 3 aromatic carbocycles. The van der Waals surface area contributed by atoms with Gasteiger partial charge in [-0.2, -0.15) is 0 Å². The number of fused-ring (bicyclic) bond motifs is 1. The second-order valence-electron chi connectivity index (χ2n) is 11.0. The zero-order valence-electron chi connectivity index (χ0n) is 22.6. The molecular weight excluding hydrogens is 500 g/mol. The van der Waals surface area contributed by atoms with Gasteiger partial charge in [-0.1, -0.05) is 30.3 Å². The standard InChI is InChI=1S/C32H32N6O2/c1-36-14-16-37(17-15-36)20-21-7-10-25(11-8-21)33-31(39)24-9-12-27-28(19-24)35-30(34-27)26-18-23-5-2-4-22-6-3-13-38(29(22)23)32(26)40/h2,4-5,7-12,18-19H,3,6,13-17,20H2,1H3,(H,33,39)(H,34,35). The topological polar surface area (TPSA) is 86.3 Å². The fourth-order valence-corrected chi connectivity index (χ4v) is 5.97. The first-order valence-corrected chi connectivity index (χ1v) is 14.0. The summed E-state index contributed by atoms with van der Waals surface area (Å²) in [5, 5.41) is 4.05. The third kappa shape index (κ3) is 4.59. The molecular formula is C32H32N6O2. The van der Waals surface area contributed by atoms with Gasteiger partial charge in [-0.3, -0.25) is 14.5 Å². The van der Waals surface area contributed by atoms with Gasteiger partial charge in [-0.25, -0.2) is 4.98 Å². The van der Waals surface area contributed by atoms with Crippen LogP contribution in [0.4, 0.5) is 5.69 Å². The van der Waals surface area contributed by atoms with E-state index in [1.807, 2.05) is 41.0 Å². The van der Waals surface area contributed by atoms with Gasteiger partial charge >= 0.3 is 0 Å². The molecule has 5 aromatic rings. The quantitative estimate of drug-likeness (QED) is 0.348. The van der Waals surface area contributed by atoms with Gasteiger partial charge in [0.25, 0.3) is 11.5 Å². The van der Waals surface area contributed by atoms with Crippen LogP contribution in [0.5, 0.6) is 0 Å². The number of piperazine rings is 1. The number of carbonyl (C=O) groups excluding carboxylic acids is 1. The Bertz CT molecular complexity index is 1790. The SMILES string of the molecule is CN1CCN(Cc2ccc(NC(=O)c3ccc4nc(-c5cc6cccc7c6n(c5=O)CCC7)[nH]c4c3)cc2)CC1. The maximum atomic E-state index is 13.4. The molecule has 0 aliphatic carbocycles. The number of aromatic nitrogens is 3. The Morgan fingerprint density at radius 2 is 1.80 bits per heavy atom. The highest BCUT2D eigenvalue weighted by molar-refractivity contribution is 6.06. The largest absolute Gasteiger partial charge is 0.338 e. The minimum atomic E-state index is -0.187. The summed E-state index contributed by atoms with van der Waals surface area (Å²) in [4.78, 5) is 39.3. The molecule has 0 unspecified atom stereocenters. The van der Waals surface area contributed by atoms with E-state index < -0.39 is 0 Å². The maximum Gasteiger partial charge on any atom is 0.262 e. The van der Waals surface area contributed by atoms with Crippen molar-refractivity contribution in [2.24, 2.45) is 0 Å². The number of benzene rings is 3. The number of aryl methyl sites for hydroxylation is 2. The van der Waals surface area contributed by atoms with E-state index in [0.29, 0.717) is 29.0 Å². The van der Waals surface area contributed by atoms with E-state index in [-0.39, 0.29) is 11.5 Å². The Balaban J connectivity index is 1.10. The van der Waals surface area contributed by atoms with Crippen LogP contribution in [0.25, 0.3) is 33.3 Å². The second kappa shape index (κ2) is 10.0. The lowest BCUT2D eigenvalue weighted by Crippen LogP contribution is -2.43. The van der Waals surface area contributed by atoms with Crippen LogP contribution in [0.3, 0.4) is 0 Å². The minimum Gasteiger partial charge on any atom is -0.338 e. The van der Waals surface area contributed by atoms with Crippen LogP contribution < -0.4 is 10.9 Å². The highest BCUT2D eigenvalue weighted by Gasteiger charge is 2.19. The first kappa shape index (κ1) is 24.7. The third-order valence-electron chi connectivity index (χ3n) is 8.24. The number of H-pyrrole nitrogens is 1. The second-order valence-corrected chi connectivity index (χ2v) is 11.0. The number of para-hydroxylation sites is 1. The predicted molar refractivity (Wildman–Crippen MR) is 159 cm³/mol. The maximum absolute atomic E-state index is 13.4. The Labute approximate surface area is 232 Å². The van der Waals surface area contributed by atoms with E-state index in [1.165, 1.54) is 11.1 Å². The van der Waals surface area contributed by atoms with E-state index in [4.69, 9.17) is 4.98 Å². The van der Waals surface area contributed by atoms with Gasteiger partial charge < -0.3 is 19.8 Å². The predicted octanol–water partition coefficient (Wildman–Crippen LogP) is 4.49. The summed E-state index contributed by atoms with van der Waals surface area (Å²) in [6.45, 7) is 5.97. The number of hydrogen-bond donors (Lipinski definition) is 2. The molecule has 0 radical (unpaired) electrons. The molecule has 8 heteroatoms. The number of amides is 1. The number of anilines is 1. The van der Waals surface area contributed by atoms with Gasteiger partial charge in [-0.15, -0.1) is 0 Å². The van der Waals surface area contributed by atoms with Gasteiger partial charge in [0.2, 0.25) is 0 Å². The molecule has 0 bridgehead atoms. The van der Waals surface area contributed by atoms with Crippen molar-refractivity contribution < 1.29 is 4.79 Å². The van der Waals surface area contributed by atoms with E-state index in [0.717, 1.165) is 67.7 Å². The molecule has 2 N–H and O–H groups in total. The summed E-state index contributed by atoms with van der Waals surface area (Å²) in [5.41, 5.74) is 6.72. The van der Waals surface area contributed by atoms with Crippen molar-refractivity contribution in [3.8, 4) is 11.4 Å². The number of carbonyl (C=O) groups is 1. The molecule has 0 saturated carbocycles. The monoisotopic (exact) mass is 532 g/mol. The Morgan fingerprint density at radius 1 is 0.975 bits per heavy atom. The minimum absolute atomic E-state index is 0.0345. The molecule has 7 rings (SSSR count). The van der Waals surface area contributed by atoms with E-state index >= 15 is 0 Å². The fourth-order valence-electron chi connectivity index (χ4n) is 5.97. The number of aromatic amines is 1. The van der Waals surface area contributed by atoms with Crippen molar-refractivity contribution in [3.05, 3.63) is 93.8 Å². The van der Waals surface area contributed by atoms with Crippen molar-refractivity contribution in [1.29, 1.82) is 0 Å². The van der Waals surface area contributed by atoms with Crippen LogP contribution in [-0.2, 0) is 19.5 Å². The van der Waals surface area contributed by atoms with Crippen LogP contribution >= 0.6 is 0 Å². The molecule has 8 nitrogen and oxygen atoms in total.